The highest BCUT2D eigenvalue weighted by Crippen LogP contribution is 2.39. The maximum Gasteiger partial charge on any atom is 0.224 e. The van der Waals surface area contributed by atoms with E-state index in [1.54, 1.807) is 11.0 Å². The Balaban J connectivity index is 2.57. The van der Waals surface area contributed by atoms with Gasteiger partial charge in [0.05, 0.1) is 5.69 Å². The number of benzene rings is 1. The van der Waals surface area contributed by atoms with E-state index in [9.17, 15) is 9.90 Å². The van der Waals surface area contributed by atoms with E-state index in [-0.39, 0.29) is 17.7 Å². The Morgan fingerprint density at radius 1 is 1.60 bits per heavy atom. The molecular weight excluding hydrogens is 192 g/mol. The fourth-order valence-electron chi connectivity index (χ4n) is 2.19. The zero-order valence-corrected chi connectivity index (χ0v) is 8.82. The minimum atomic E-state index is 0.00587. The van der Waals surface area contributed by atoms with Crippen molar-refractivity contribution in [2.24, 2.45) is 0 Å². The average Bonchev–Trinajstić information content (AvgIpc) is 2.49. The summed E-state index contributed by atoms with van der Waals surface area (Å²) in [4.78, 5) is 13.2. The molecule has 4 nitrogen and oxygen atoms in total. The van der Waals surface area contributed by atoms with Crippen molar-refractivity contribution in [3.63, 3.8) is 0 Å². The molecule has 4 heteroatoms. The second-order valence-corrected chi connectivity index (χ2v) is 3.94. The summed E-state index contributed by atoms with van der Waals surface area (Å²) in [5.74, 6) is 0.0951. The summed E-state index contributed by atoms with van der Waals surface area (Å²) in [5, 5.41) is 9.47. The van der Waals surface area contributed by atoms with E-state index in [1.165, 1.54) is 13.0 Å². The molecule has 15 heavy (non-hydrogen) atoms. The monoisotopic (exact) mass is 206 g/mol. The number of rotatable bonds is 0. The lowest BCUT2D eigenvalue weighted by molar-refractivity contribution is -0.116. The van der Waals surface area contributed by atoms with Gasteiger partial charge in [-0.3, -0.25) is 4.79 Å². The minimum Gasteiger partial charge on any atom is -0.506 e. The van der Waals surface area contributed by atoms with Gasteiger partial charge < -0.3 is 15.7 Å². The van der Waals surface area contributed by atoms with Gasteiger partial charge in [-0.1, -0.05) is 0 Å². The van der Waals surface area contributed by atoms with Gasteiger partial charge in [0, 0.05) is 24.2 Å². The zero-order valence-electron chi connectivity index (χ0n) is 8.82. The number of nitrogens with zero attached hydrogens (tertiary/aromatic N) is 1. The number of fused-ring (bicyclic) bond motifs is 1. The van der Waals surface area contributed by atoms with Crippen molar-refractivity contribution < 1.29 is 9.90 Å². The number of phenols is 1. The molecule has 0 fully saturated rings. The van der Waals surface area contributed by atoms with Crippen LogP contribution in [-0.4, -0.2) is 17.1 Å². The Morgan fingerprint density at radius 2 is 2.27 bits per heavy atom. The number of amides is 1. The number of hydrogen-bond donors (Lipinski definition) is 2. The van der Waals surface area contributed by atoms with Crippen LogP contribution in [0.2, 0.25) is 0 Å². The van der Waals surface area contributed by atoms with Crippen LogP contribution in [-0.2, 0) is 11.2 Å². The first-order valence-corrected chi connectivity index (χ1v) is 4.92. The maximum atomic E-state index is 11.4. The number of phenolic OH excluding ortho intramolecular Hbond substituents is 1. The van der Waals surface area contributed by atoms with Gasteiger partial charge in [-0.2, -0.15) is 0 Å². The molecule has 1 amide bonds. The molecular formula is C11H14N2O2. The van der Waals surface area contributed by atoms with Crippen molar-refractivity contribution in [2.75, 3.05) is 10.6 Å². The predicted octanol–water partition coefficient (Wildman–Crippen LogP) is 1.27. The van der Waals surface area contributed by atoms with E-state index in [0.717, 1.165) is 11.3 Å². The number of carbonyl (C=O) groups is 1. The highest BCUT2D eigenvalue weighted by Gasteiger charge is 2.30. The van der Waals surface area contributed by atoms with Crippen molar-refractivity contribution in [3.05, 3.63) is 17.7 Å². The summed E-state index contributed by atoms with van der Waals surface area (Å²) in [6.07, 6.45) is 0.704. The number of aromatic hydroxyl groups is 1. The first-order chi connectivity index (χ1) is 7.02. The van der Waals surface area contributed by atoms with Crippen LogP contribution in [0.5, 0.6) is 5.75 Å². The molecule has 0 aromatic heterocycles. The largest absolute Gasteiger partial charge is 0.506 e. The lowest BCUT2D eigenvalue weighted by atomic mass is 10.1. The number of nitrogens with two attached hydrogens (primary N) is 1. The number of nitrogen functional groups attached to an aromatic ring is 1. The summed E-state index contributed by atoms with van der Waals surface area (Å²) in [5.41, 5.74) is 7.86. The molecule has 0 radical (unpaired) electrons. The van der Waals surface area contributed by atoms with Crippen LogP contribution in [0, 0.1) is 0 Å². The summed E-state index contributed by atoms with van der Waals surface area (Å²) >= 11 is 0. The Bertz CT molecular complexity index is 429. The second kappa shape index (κ2) is 3.15. The van der Waals surface area contributed by atoms with Gasteiger partial charge in [-0.15, -0.1) is 0 Å². The van der Waals surface area contributed by atoms with Crippen LogP contribution in [0.15, 0.2) is 12.1 Å². The molecule has 0 saturated carbocycles. The Labute approximate surface area is 88.3 Å². The molecule has 1 atom stereocenters. The number of anilines is 2. The third-order valence-electron chi connectivity index (χ3n) is 2.85. The van der Waals surface area contributed by atoms with Crippen molar-refractivity contribution in [2.45, 2.75) is 26.3 Å². The predicted molar refractivity (Wildman–Crippen MR) is 58.8 cm³/mol. The Hall–Kier alpha value is -1.71. The third-order valence-corrected chi connectivity index (χ3v) is 2.85. The van der Waals surface area contributed by atoms with Crippen LogP contribution in [0.25, 0.3) is 0 Å². The first-order valence-electron chi connectivity index (χ1n) is 4.92. The van der Waals surface area contributed by atoms with Crippen molar-refractivity contribution in [3.8, 4) is 5.75 Å². The van der Waals surface area contributed by atoms with E-state index in [2.05, 4.69) is 0 Å². The van der Waals surface area contributed by atoms with Gasteiger partial charge in [0.1, 0.15) is 5.75 Å². The van der Waals surface area contributed by atoms with Gasteiger partial charge in [0.15, 0.2) is 0 Å². The van der Waals surface area contributed by atoms with E-state index in [4.69, 9.17) is 5.73 Å². The quantitative estimate of drug-likeness (QED) is 0.496. The molecule has 1 aromatic carbocycles. The molecule has 0 saturated heterocycles. The molecule has 80 valence electrons. The van der Waals surface area contributed by atoms with Gasteiger partial charge in [0.25, 0.3) is 0 Å². The Morgan fingerprint density at radius 3 is 2.87 bits per heavy atom. The molecule has 0 aliphatic carbocycles. The summed E-state index contributed by atoms with van der Waals surface area (Å²) in [6.45, 7) is 3.51. The van der Waals surface area contributed by atoms with Crippen molar-refractivity contribution >= 4 is 17.3 Å². The maximum absolute atomic E-state index is 11.4. The summed E-state index contributed by atoms with van der Waals surface area (Å²) < 4.78 is 0. The molecule has 1 heterocycles. The fraction of sp³-hybridized carbons (Fsp3) is 0.364. The molecule has 1 aliphatic rings. The fourth-order valence-corrected chi connectivity index (χ4v) is 2.19. The van der Waals surface area contributed by atoms with Crippen LogP contribution >= 0.6 is 0 Å². The van der Waals surface area contributed by atoms with E-state index >= 15 is 0 Å². The number of carbonyl (C=O) groups excluding carboxylic acids is 1. The standard InChI is InChI=1S/C11H14N2O2/c1-6-5-8-9(13(6)7(2)14)3-4-10(15)11(8)12/h3-4,6,15H,5,12H2,1-2H3. The van der Waals surface area contributed by atoms with Gasteiger partial charge in [-0.05, 0) is 25.5 Å². The highest BCUT2D eigenvalue weighted by atomic mass is 16.3. The Kier molecular flexibility index (Phi) is 2.07. The van der Waals surface area contributed by atoms with Crippen LogP contribution in [0.1, 0.15) is 19.4 Å². The van der Waals surface area contributed by atoms with Crippen LogP contribution < -0.4 is 10.6 Å². The molecule has 1 aromatic rings. The molecule has 1 aliphatic heterocycles. The van der Waals surface area contributed by atoms with Gasteiger partial charge >= 0.3 is 0 Å². The molecule has 0 spiro atoms. The smallest absolute Gasteiger partial charge is 0.224 e. The number of hydrogen-bond acceptors (Lipinski definition) is 3. The van der Waals surface area contributed by atoms with Gasteiger partial charge in [0.2, 0.25) is 5.91 Å². The summed E-state index contributed by atoms with van der Waals surface area (Å²) in [6, 6.07) is 3.38. The lowest BCUT2D eigenvalue weighted by Gasteiger charge is -2.20. The normalized spacial score (nSPS) is 19.1. The molecule has 0 bridgehead atoms. The van der Waals surface area contributed by atoms with E-state index in [1.807, 2.05) is 6.92 Å². The van der Waals surface area contributed by atoms with E-state index in [0.29, 0.717) is 12.1 Å². The van der Waals surface area contributed by atoms with Crippen LogP contribution in [0.3, 0.4) is 0 Å². The second-order valence-electron chi connectivity index (χ2n) is 3.94. The van der Waals surface area contributed by atoms with Crippen molar-refractivity contribution in [1.29, 1.82) is 0 Å². The molecule has 3 N–H and O–H groups in total. The minimum absolute atomic E-state index is 0.00587. The average molecular weight is 206 g/mol. The zero-order chi connectivity index (χ0) is 11.2. The molecule has 1 unspecified atom stereocenters. The van der Waals surface area contributed by atoms with Crippen molar-refractivity contribution in [1.82, 2.24) is 0 Å². The molecule has 2 rings (SSSR count). The summed E-state index contributed by atoms with van der Waals surface area (Å²) in [7, 11) is 0. The van der Waals surface area contributed by atoms with E-state index < -0.39 is 0 Å². The first kappa shape index (κ1) is 9.83. The topological polar surface area (TPSA) is 66.6 Å². The van der Waals surface area contributed by atoms with Gasteiger partial charge in [-0.25, -0.2) is 0 Å². The lowest BCUT2D eigenvalue weighted by Crippen LogP contribution is -2.33. The SMILES string of the molecule is CC(=O)N1c2ccc(O)c(N)c2CC1C. The van der Waals surface area contributed by atoms with Crippen LogP contribution in [0.4, 0.5) is 11.4 Å². The highest BCUT2D eigenvalue weighted by molar-refractivity contribution is 5.96. The third kappa shape index (κ3) is 1.33.